The quantitative estimate of drug-likeness (QED) is 0.909. The molecule has 0 aromatic heterocycles. The maximum absolute atomic E-state index is 13.2. The van der Waals surface area contributed by atoms with Gasteiger partial charge < -0.3 is 10.5 Å². The summed E-state index contributed by atoms with van der Waals surface area (Å²) in [6.07, 6.45) is 0. The van der Waals surface area contributed by atoms with Gasteiger partial charge in [-0.1, -0.05) is 18.2 Å². The molecule has 17 heavy (non-hydrogen) atoms. The predicted octanol–water partition coefficient (Wildman–Crippen LogP) is 3.50. The number of para-hydroxylation sites is 1. The lowest BCUT2D eigenvalue weighted by molar-refractivity contribution is 0.479. The van der Waals surface area contributed by atoms with Crippen LogP contribution in [-0.4, -0.2) is 0 Å². The molecule has 0 radical (unpaired) electrons. The molecule has 0 saturated heterocycles. The summed E-state index contributed by atoms with van der Waals surface area (Å²) in [5.74, 6) is 1.01. The second-order valence-corrected chi connectivity index (χ2v) is 3.37. The minimum atomic E-state index is -0.303. The first-order chi connectivity index (χ1) is 7.79. The van der Waals surface area contributed by atoms with Crippen molar-refractivity contribution in [2.45, 2.75) is 6.54 Å². The zero-order valence-corrected chi connectivity index (χ0v) is 9.91. The van der Waals surface area contributed by atoms with E-state index in [1.165, 1.54) is 6.07 Å². The second-order valence-electron chi connectivity index (χ2n) is 3.37. The number of hydrogen-bond acceptors (Lipinski definition) is 2. The van der Waals surface area contributed by atoms with Crippen LogP contribution in [0.25, 0.3) is 0 Å². The Hall–Kier alpha value is -1.58. The van der Waals surface area contributed by atoms with Gasteiger partial charge in [0.25, 0.3) is 0 Å². The molecule has 0 atom stereocenters. The Labute approximate surface area is 106 Å². The summed E-state index contributed by atoms with van der Waals surface area (Å²) < 4.78 is 18.7. The number of rotatable bonds is 3. The Morgan fingerprint density at radius 1 is 1.00 bits per heavy atom. The molecule has 4 heteroatoms. The number of hydrogen-bond donors (Lipinski definition) is 1. The van der Waals surface area contributed by atoms with E-state index in [4.69, 9.17) is 10.5 Å². The number of ether oxygens (including phenoxy) is 1. The van der Waals surface area contributed by atoms with Crippen LogP contribution >= 0.6 is 12.4 Å². The minimum absolute atomic E-state index is 0. The molecular weight excluding hydrogens is 241 g/mol. The number of benzene rings is 2. The van der Waals surface area contributed by atoms with Crippen LogP contribution in [0, 0.1) is 5.82 Å². The SMILES string of the molecule is Cl.NCc1cc(Oc2ccccc2)ccc1F. The van der Waals surface area contributed by atoms with Gasteiger partial charge in [0.15, 0.2) is 0 Å². The van der Waals surface area contributed by atoms with Crippen LogP contribution < -0.4 is 10.5 Å². The molecule has 2 aromatic carbocycles. The lowest BCUT2D eigenvalue weighted by atomic mass is 10.2. The highest BCUT2D eigenvalue weighted by Gasteiger charge is 2.03. The highest BCUT2D eigenvalue weighted by atomic mass is 35.5. The summed E-state index contributed by atoms with van der Waals surface area (Å²) in [7, 11) is 0. The molecule has 0 aliphatic heterocycles. The molecule has 0 aliphatic rings. The van der Waals surface area contributed by atoms with E-state index in [0.717, 1.165) is 5.75 Å². The third kappa shape index (κ3) is 3.44. The van der Waals surface area contributed by atoms with E-state index in [9.17, 15) is 4.39 Å². The molecule has 0 fully saturated rings. The van der Waals surface area contributed by atoms with Gasteiger partial charge in [0, 0.05) is 12.1 Å². The Bertz CT molecular complexity index is 476. The molecule has 0 unspecified atom stereocenters. The average Bonchev–Trinajstić information content (AvgIpc) is 2.33. The van der Waals surface area contributed by atoms with E-state index in [2.05, 4.69) is 0 Å². The first-order valence-corrected chi connectivity index (χ1v) is 5.01. The summed E-state index contributed by atoms with van der Waals surface area (Å²) in [6, 6.07) is 13.9. The fourth-order valence-electron chi connectivity index (χ4n) is 1.40. The van der Waals surface area contributed by atoms with E-state index in [0.29, 0.717) is 11.3 Å². The molecule has 0 heterocycles. The van der Waals surface area contributed by atoms with Crippen LogP contribution in [0.15, 0.2) is 48.5 Å². The van der Waals surface area contributed by atoms with Gasteiger partial charge in [-0.25, -0.2) is 4.39 Å². The first-order valence-electron chi connectivity index (χ1n) is 5.01. The lowest BCUT2D eigenvalue weighted by Gasteiger charge is -2.07. The van der Waals surface area contributed by atoms with Crippen molar-refractivity contribution >= 4 is 12.4 Å². The van der Waals surface area contributed by atoms with Crippen molar-refractivity contribution in [1.82, 2.24) is 0 Å². The summed E-state index contributed by atoms with van der Waals surface area (Å²) >= 11 is 0. The maximum atomic E-state index is 13.2. The molecule has 2 aromatic rings. The van der Waals surface area contributed by atoms with Crippen LogP contribution in [-0.2, 0) is 6.54 Å². The molecule has 0 spiro atoms. The fraction of sp³-hybridized carbons (Fsp3) is 0.0769. The summed E-state index contributed by atoms with van der Waals surface area (Å²) in [5, 5.41) is 0. The van der Waals surface area contributed by atoms with Gasteiger partial charge in [0.1, 0.15) is 17.3 Å². The summed E-state index contributed by atoms with van der Waals surface area (Å²) in [6.45, 7) is 0.165. The second kappa shape index (κ2) is 6.23. The third-order valence-corrected chi connectivity index (χ3v) is 2.22. The van der Waals surface area contributed by atoms with Crippen LogP contribution in [0.4, 0.5) is 4.39 Å². The largest absolute Gasteiger partial charge is 0.457 e. The van der Waals surface area contributed by atoms with Crippen molar-refractivity contribution < 1.29 is 9.13 Å². The normalized spacial score (nSPS) is 9.53. The molecule has 0 amide bonds. The predicted molar refractivity (Wildman–Crippen MR) is 68.1 cm³/mol. The number of nitrogens with two attached hydrogens (primary N) is 1. The van der Waals surface area contributed by atoms with Gasteiger partial charge >= 0.3 is 0 Å². The minimum Gasteiger partial charge on any atom is -0.457 e. The standard InChI is InChI=1S/C13H12FNO.ClH/c14-13-7-6-12(8-10(13)9-15)16-11-4-2-1-3-5-11;/h1-8H,9,15H2;1H. The van der Waals surface area contributed by atoms with E-state index in [1.54, 1.807) is 12.1 Å². The van der Waals surface area contributed by atoms with E-state index < -0.39 is 0 Å². The van der Waals surface area contributed by atoms with E-state index in [1.807, 2.05) is 30.3 Å². The molecule has 2 nitrogen and oxygen atoms in total. The van der Waals surface area contributed by atoms with Gasteiger partial charge in [-0.05, 0) is 30.3 Å². The molecule has 2 N–H and O–H groups in total. The summed E-state index contributed by atoms with van der Waals surface area (Å²) in [4.78, 5) is 0. The van der Waals surface area contributed by atoms with Gasteiger partial charge in [0.05, 0.1) is 0 Å². The van der Waals surface area contributed by atoms with Crippen molar-refractivity contribution in [2.24, 2.45) is 5.73 Å². The van der Waals surface area contributed by atoms with Crippen LogP contribution in [0.5, 0.6) is 11.5 Å². The van der Waals surface area contributed by atoms with Crippen molar-refractivity contribution in [2.75, 3.05) is 0 Å². The highest BCUT2D eigenvalue weighted by molar-refractivity contribution is 5.85. The highest BCUT2D eigenvalue weighted by Crippen LogP contribution is 2.23. The summed E-state index contributed by atoms with van der Waals surface area (Å²) in [5.41, 5.74) is 5.87. The topological polar surface area (TPSA) is 35.2 Å². The Morgan fingerprint density at radius 2 is 1.71 bits per heavy atom. The van der Waals surface area contributed by atoms with Crippen molar-refractivity contribution in [3.05, 3.63) is 59.9 Å². The molecule has 0 bridgehead atoms. The Balaban J connectivity index is 0.00000144. The van der Waals surface area contributed by atoms with Gasteiger partial charge in [0.2, 0.25) is 0 Å². The van der Waals surface area contributed by atoms with Crippen LogP contribution in [0.1, 0.15) is 5.56 Å². The fourth-order valence-corrected chi connectivity index (χ4v) is 1.40. The van der Waals surface area contributed by atoms with E-state index >= 15 is 0 Å². The average molecular weight is 254 g/mol. The lowest BCUT2D eigenvalue weighted by Crippen LogP contribution is -1.99. The molecule has 0 aliphatic carbocycles. The smallest absolute Gasteiger partial charge is 0.127 e. The maximum Gasteiger partial charge on any atom is 0.127 e. The first kappa shape index (κ1) is 13.5. The third-order valence-electron chi connectivity index (χ3n) is 2.22. The van der Waals surface area contributed by atoms with Gasteiger partial charge in [-0.2, -0.15) is 0 Å². The monoisotopic (exact) mass is 253 g/mol. The molecule has 90 valence electrons. The van der Waals surface area contributed by atoms with Gasteiger partial charge in [-0.3, -0.25) is 0 Å². The van der Waals surface area contributed by atoms with Crippen molar-refractivity contribution in [1.29, 1.82) is 0 Å². The Kier molecular flexibility index (Phi) is 4.94. The zero-order valence-electron chi connectivity index (χ0n) is 9.10. The molecular formula is C13H13ClFNO. The number of halogens is 2. The van der Waals surface area contributed by atoms with Crippen LogP contribution in [0.3, 0.4) is 0 Å². The van der Waals surface area contributed by atoms with E-state index in [-0.39, 0.29) is 24.8 Å². The van der Waals surface area contributed by atoms with Gasteiger partial charge in [-0.15, -0.1) is 12.4 Å². The zero-order chi connectivity index (χ0) is 11.4. The van der Waals surface area contributed by atoms with Crippen LogP contribution in [0.2, 0.25) is 0 Å². The molecule has 2 rings (SSSR count). The van der Waals surface area contributed by atoms with Crippen molar-refractivity contribution in [3.8, 4) is 11.5 Å². The van der Waals surface area contributed by atoms with Crippen molar-refractivity contribution in [3.63, 3.8) is 0 Å². The Morgan fingerprint density at radius 3 is 2.35 bits per heavy atom. The molecule has 0 saturated carbocycles.